The molecular formula is C20H22FN3O4S. The summed E-state index contributed by atoms with van der Waals surface area (Å²) < 4.78 is 39.0. The highest BCUT2D eigenvalue weighted by Crippen LogP contribution is 2.27. The summed E-state index contributed by atoms with van der Waals surface area (Å²) in [5.41, 5.74) is 1.87. The van der Waals surface area contributed by atoms with E-state index in [1.807, 2.05) is 6.92 Å². The third-order valence-corrected chi connectivity index (χ3v) is 5.78. The van der Waals surface area contributed by atoms with E-state index in [-0.39, 0.29) is 11.6 Å². The minimum atomic E-state index is -3.87. The van der Waals surface area contributed by atoms with E-state index in [0.29, 0.717) is 18.7 Å². The predicted octanol–water partition coefficient (Wildman–Crippen LogP) is 2.67. The molecule has 1 aliphatic rings. The van der Waals surface area contributed by atoms with Crippen LogP contribution in [-0.4, -0.2) is 39.6 Å². The van der Waals surface area contributed by atoms with Crippen molar-refractivity contribution in [2.75, 3.05) is 33.9 Å². The number of sulfonamides is 1. The predicted molar refractivity (Wildman–Crippen MR) is 110 cm³/mol. The van der Waals surface area contributed by atoms with E-state index in [2.05, 4.69) is 5.32 Å². The number of hydrogen-bond donors (Lipinski definition) is 1. The molecule has 1 fully saturated rings. The van der Waals surface area contributed by atoms with Crippen LogP contribution in [-0.2, 0) is 19.6 Å². The number of halogens is 1. The zero-order valence-electron chi connectivity index (χ0n) is 16.2. The average Bonchev–Trinajstić information content (AvgIpc) is 3.05. The van der Waals surface area contributed by atoms with Crippen molar-refractivity contribution >= 4 is 38.9 Å². The number of nitrogens with zero attached hydrogens (tertiary/aromatic N) is 2. The maximum absolute atomic E-state index is 14.1. The number of para-hydroxylation sites is 1. The van der Waals surface area contributed by atoms with Crippen LogP contribution in [0.25, 0.3) is 0 Å². The van der Waals surface area contributed by atoms with Crippen molar-refractivity contribution in [3.8, 4) is 0 Å². The Bertz CT molecular complexity index is 1060. The molecule has 1 saturated heterocycles. The van der Waals surface area contributed by atoms with Gasteiger partial charge >= 0.3 is 0 Å². The molecule has 2 aromatic rings. The maximum atomic E-state index is 14.1. The number of hydrogen-bond acceptors (Lipinski definition) is 4. The Morgan fingerprint density at radius 2 is 1.97 bits per heavy atom. The lowest BCUT2D eigenvalue weighted by Gasteiger charge is -2.22. The second kappa shape index (κ2) is 8.20. The van der Waals surface area contributed by atoms with Gasteiger partial charge < -0.3 is 10.2 Å². The van der Waals surface area contributed by atoms with Crippen molar-refractivity contribution in [1.29, 1.82) is 0 Å². The third kappa shape index (κ3) is 4.73. The summed E-state index contributed by atoms with van der Waals surface area (Å²) in [5, 5.41) is 2.63. The van der Waals surface area contributed by atoms with Gasteiger partial charge in [-0.1, -0.05) is 12.1 Å². The van der Waals surface area contributed by atoms with Crippen LogP contribution in [0.3, 0.4) is 0 Å². The Morgan fingerprint density at radius 3 is 2.55 bits per heavy atom. The largest absolute Gasteiger partial charge is 0.325 e. The Morgan fingerprint density at radius 1 is 1.24 bits per heavy atom. The van der Waals surface area contributed by atoms with E-state index >= 15 is 0 Å². The van der Waals surface area contributed by atoms with Gasteiger partial charge in [0.1, 0.15) is 12.4 Å². The summed E-state index contributed by atoms with van der Waals surface area (Å²) in [6.07, 6.45) is 2.25. The molecule has 0 atom stereocenters. The van der Waals surface area contributed by atoms with Crippen LogP contribution >= 0.6 is 0 Å². The molecule has 0 aliphatic carbocycles. The fraction of sp³-hybridized carbons (Fsp3) is 0.300. The van der Waals surface area contributed by atoms with E-state index in [1.54, 1.807) is 23.1 Å². The summed E-state index contributed by atoms with van der Waals surface area (Å²) >= 11 is 0. The van der Waals surface area contributed by atoms with Gasteiger partial charge in [0.05, 0.1) is 11.9 Å². The van der Waals surface area contributed by atoms with Crippen LogP contribution in [0.1, 0.15) is 18.4 Å². The highest BCUT2D eigenvalue weighted by Gasteiger charge is 2.25. The number of carbonyl (C=O) groups excluding carboxylic acids is 2. The second-order valence-corrected chi connectivity index (χ2v) is 8.83. The first kappa shape index (κ1) is 20.8. The van der Waals surface area contributed by atoms with E-state index in [4.69, 9.17) is 0 Å². The van der Waals surface area contributed by atoms with Crippen LogP contribution in [0, 0.1) is 12.7 Å². The van der Waals surface area contributed by atoms with Gasteiger partial charge in [-0.25, -0.2) is 12.8 Å². The normalized spacial score (nSPS) is 14.2. The first-order valence-electron chi connectivity index (χ1n) is 9.10. The Balaban J connectivity index is 1.76. The molecule has 0 unspecified atom stereocenters. The molecule has 0 radical (unpaired) electrons. The van der Waals surface area contributed by atoms with Crippen molar-refractivity contribution in [2.24, 2.45) is 0 Å². The minimum Gasteiger partial charge on any atom is -0.325 e. The van der Waals surface area contributed by atoms with Crippen molar-refractivity contribution in [3.63, 3.8) is 0 Å². The van der Waals surface area contributed by atoms with Gasteiger partial charge in [-0.15, -0.1) is 0 Å². The molecule has 2 aromatic carbocycles. The Labute approximate surface area is 169 Å². The SMILES string of the molecule is Cc1cc(NC(=O)CN(c2ccccc2F)S(C)(=O)=O)ccc1N1CCCC1=O. The number of anilines is 3. The molecule has 1 aliphatic heterocycles. The molecular weight excluding hydrogens is 397 g/mol. The summed E-state index contributed by atoms with van der Waals surface area (Å²) in [5.74, 6) is -1.28. The highest BCUT2D eigenvalue weighted by atomic mass is 32.2. The van der Waals surface area contributed by atoms with E-state index in [9.17, 15) is 22.4 Å². The van der Waals surface area contributed by atoms with Crippen LogP contribution in [0.15, 0.2) is 42.5 Å². The van der Waals surface area contributed by atoms with Gasteiger partial charge in [0.25, 0.3) is 0 Å². The molecule has 0 spiro atoms. The summed E-state index contributed by atoms with van der Waals surface area (Å²) in [7, 11) is -3.87. The number of aryl methyl sites for hydroxylation is 1. The number of carbonyl (C=O) groups is 2. The molecule has 154 valence electrons. The number of rotatable bonds is 6. The smallest absolute Gasteiger partial charge is 0.245 e. The Hall–Kier alpha value is -2.94. The lowest BCUT2D eigenvalue weighted by Crippen LogP contribution is -2.38. The van der Waals surface area contributed by atoms with Crippen molar-refractivity contribution in [2.45, 2.75) is 19.8 Å². The van der Waals surface area contributed by atoms with Crippen LogP contribution < -0.4 is 14.5 Å². The third-order valence-electron chi connectivity index (χ3n) is 4.65. The molecule has 1 N–H and O–H groups in total. The molecule has 29 heavy (non-hydrogen) atoms. The van der Waals surface area contributed by atoms with Gasteiger partial charge in [-0.05, 0) is 49.2 Å². The first-order chi connectivity index (χ1) is 13.7. The topological polar surface area (TPSA) is 86.8 Å². The van der Waals surface area contributed by atoms with E-state index < -0.39 is 28.3 Å². The lowest BCUT2D eigenvalue weighted by atomic mass is 10.1. The van der Waals surface area contributed by atoms with Gasteiger partial charge in [0, 0.05) is 24.3 Å². The molecule has 0 aromatic heterocycles. The monoisotopic (exact) mass is 419 g/mol. The quantitative estimate of drug-likeness (QED) is 0.780. The standard InChI is InChI=1S/C20H22FN3O4S/c1-14-12-15(9-10-17(14)23-11-5-8-20(23)26)22-19(25)13-24(29(2,27)28)18-7-4-3-6-16(18)21/h3-4,6-7,9-10,12H,5,8,11,13H2,1-2H3,(H,22,25). The number of nitrogens with one attached hydrogen (secondary N) is 1. The lowest BCUT2D eigenvalue weighted by molar-refractivity contribution is -0.117. The molecule has 3 rings (SSSR count). The van der Waals surface area contributed by atoms with E-state index in [1.165, 1.54) is 18.2 Å². The summed E-state index contributed by atoms with van der Waals surface area (Å²) in [4.78, 5) is 26.1. The number of amides is 2. The maximum Gasteiger partial charge on any atom is 0.245 e. The van der Waals surface area contributed by atoms with Gasteiger partial charge in [-0.3, -0.25) is 13.9 Å². The Kier molecular flexibility index (Phi) is 5.88. The van der Waals surface area contributed by atoms with Gasteiger partial charge in [-0.2, -0.15) is 0 Å². The first-order valence-corrected chi connectivity index (χ1v) is 10.9. The van der Waals surface area contributed by atoms with Gasteiger partial charge in [0.15, 0.2) is 0 Å². The van der Waals surface area contributed by atoms with Crippen molar-refractivity contribution in [1.82, 2.24) is 0 Å². The molecule has 0 saturated carbocycles. The number of benzene rings is 2. The second-order valence-electron chi connectivity index (χ2n) is 6.92. The zero-order chi connectivity index (χ0) is 21.2. The summed E-state index contributed by atoms with van der Waals surface area (Å²) in [6.45, 7) is 1.93. The fourth-order valence-corrected chi connectivity index (χ4v) is 4.16. The van der Waals surface area contributed by atoms with Crippen molar-refractivity contribution in [3.05, 3.63) is 53.8 Å². The van der Waals surface area contributed by atoms with Crippen LogP contribution in [0.5, 0.6) is 0 Å². The minimum absolute atomic E-state index is 0.0681. The van der Waals surface area contributed by atoms with Gasteiger partial charge in [0.2, 0.25) is 21.8 Å². The van der Waals surface area contributed by atoms with Crippen LogP contribution in [0.2, 0.25) is 0 Å². The zero-order valence-corrected chi connectivity index (χ0v) is 17.0. The molecule has 2 amide bonds. The van der Waals surface area contributed by atoms with E-state index in [0.717, 1.165) is 34.3 Å². The summed E-state index contributed by atoms with van der Waals surface area (Å²) in [6, 6.07) is 10.5. The fourth-order valence-electron chi connectivity index (χ4n) is 3.30. The highest BCUT2D eigenvalue weighted by molar-refractivity contribution is 7.92. The molecule has 7 nitrogen and oxygen atoms in total. The molecule has 1 heterocycles. The molecule has 9 heteroatoms. The molecule has 0 bridgehead atoms. The van der Waals surface area contributed by atoms with Crippen LogP contribution in [0.4, 0.5) is 21.5 Å². The van der Waals surface area contributed by atoms with Crippen molar-refractivity contribution < 1.29 is 22.4 Å². The average molecular weight is 419 g/mol.